The Morgan fingerprint density at radius 3 is 2.82 bits per heavy atom. The van der Waals surface area contributed by atoms with E-state index in [0.29, 0.717) is 17.7 Å². The number of hydrogen-bond donors (Lipinski definition) is 2. The van der Waals surface area contributed by atoms with Crippen LogP contribution < -0.4 is 5.73 Å². The summed E-state index contributed by atoms with van der Waals surface area (Å²) in [5.74, 6) is 1.34. The second-order valence-corrected chi connectivity index (χ2v) is 4.93. The molecule has 3 heterocycles. The Morgan fingerprint density at radius 2 is 2.09 bits per heavy atom. The molecule has 0 aliphatic carbocycles. The van der Waals surface area contributed by atoms with E-state index in [4.69, 9.17) is 10.3 Å². The number of pyridine rings is 1. The van der Waals surface area contributed by atoms with Crippen LogP contribution in [0.1, 0.15) is 5.82 Å². The van der Waals surface area contributed by atoms with Gasteiger partial charge in [-0.05, 0) is 30.7 Å². The number of rotatable bonds is 2. The van der Waals surface area contributed by atoms with Crippen LogP contribution in [0, 0.1) is 6.92 Å². The van der Waals surface area contributed by atoms with Crippen molar-refractivity contribution in [3.8, 4) is 22.6 Å². The zero-order chi connectivity index (χ0) is 15.1. The summed E-state index contributed by atoms with van der Waals surface area (Å²) in [5.41, 5.74) is 10.00. The number of nitrogens with zero attached hydrogens (tertiary/aromatic N) is 4. The number of nitrogen functional groups attached to an aromatic ring is 1. The minimum atomic E-state index is 0.343. The van der Waals surface area contributed by atoms with Crippen molar-refractivity contribution in [2.24, 2.45) is 0 Å². The first-order valence-corrected chi connectivity index (χ1v) is 6.71. The maximum atomic E-state index is 5.79. The second-order valence-electron chi connectivity index (χ2n) is 4.93. The molecule has 0 fully saturated rings. The van der Waals surface area contributed by atoms with E-state index in [9.17, 15) is 0 Å². The summed E-state index contributed by atoms with van der Waals surface area (Å²) in [7, 11) is 0. The third kappa shape index (κ3) is 1.99. The summed E-state index contributed by atoms with van der Waals surface area (Å²) in [6.45, 7) is 1.77. The van der Waals surface area contributed by atoms with E-state index in [0.717, 1.165) is 27.7 Å². The van der Waals surface area contributed by atoms with Crippen LogP contribution >= 0.6 is 0 Å². The van der Waals surface area contributed by atoms with E-state index in [2.05, 4.69) is 25.1 Å². The number of nitrogens with two attached hydrogens (primary N) is 1. The molecule has 0 saturated heterocycles. The molecule has 3 N–H and O–H groups in total. The van der Waals surface area contributed by atoms with Crippen LogP contribution in [0.3, 0.4) is 0 Å². The zero-order valence-corrected chi connectivity index (χ0v) is 11.7. The van der Waals surface area contributed by atoms with Gasteiger partial charge in [0.05, 0.1) is 16.6 Å². The Balaban J connectivity index is 2.01. The molecule has 1 aromatic carbocycles. The molecule has 7 nitrogen and oxygen atoms in total. The van der Waals surface area contributed by atoms with Crippen LogP contribution in [0.15, 0.2) is 41.2 Å². The maximum Gasteiger partial charge on any atom is 0.260 e. The highest BCUT2D eigenvalue weighted by molar-refractivity contribution is 5.94. The van der Waals surface area contributed by atoms with Crippen LogP contribution in [0.25, 0.3) is 33.6 Å². The van der Waals surface area contributed by atoms with Crippen molar-refractivity contribution in [2.45, 2.75) is 6.92 Å². The lowest BCUT2D eigenvalue weighted by Gasteiger charge is -2.04. The SMILES string of the molecule is Cc1noc(-c2cc(-c3cccnc3)cc3nc(N)[nH]c23)n1. The van der Waals surface area contributed by atoms with Crippen molar-refractivity contribution in [1.82, 2.24) is 25.1 Å². The maximum absolute atomic E-state index is 5.79. The van der Waals surface area contributed by atoms with Gasteiger partial charge >= 0.3 is 0 Å². The highest BCUT2D eigenvalue weighted by Crippen LogP contribution is 2.32. The average Bonchev–Trinajstić information content (AvgIpc) is 3.12. The Hall–Kier alpha value is -3.22. The average molecular weight is 292 g/mol. The van der Waals surface area contributed by atoms with Gasteiger partial charge in [-0.15, -0.1) is 0 Å². The molecule has 22 heavy (non-hydrogen) atoms. The lowest BCUT2D eigenvalue weighted by molar-refractivity contribution is 0.426. The molecule has 0 aliphatic heterocycles. The normalized spacial score (nSPS) is 11.1. The van der Waals surface area contributed by atoms with Crippen LogP contribution in [0.2, 0.25) is 0 Å². The van der Waals surface area contributed by atoms with E-state index in [1.54, 1.807) is 19.3 Å². The predicted octanol–water partition coefficient (Wildman–Crippen LogP) is 2.57. The number of hydrogen-bond acceptors (Lipinski definition) is 6. The van der Waals surface area contributed by atoms with E-state index in [1.165, 1.54) is 0 Å². The Bertz CT molecular complexity index is 957. The number of benzene rings is 1. The van der Waals surface area contributed by atoms with Gasteiger partial charge in [0.2, 0.25) is 0 Å². The highest BCUT2D eigenvalue weighted by Gasteiger charge is 2.15. The molecular formula is C15H12N6O. The fourth-order valence-corrected chi connectivity index (χ4v) is 2.41. The van der Waals surface area contributed by atoms with E-state index < -0.39 is 0 Å². The number of aromatic amines is 1. The molecule has 0 aliphatic rings. The highest BCUT2D eigenvalue weighted by atomic mass is 16.5. The van der Waals surface area contributed by atoms with Gasteiger partial charge < -0.3 is 15.2 Å². The van der Waals surface area contributed by atoms with E-state index in [1.807, 2.05) is 24.3 Å². The summed E-state index contributed by atoms with van der Waals surface area (Å²) in [6.07, 6.45) is 3.52. The fraction of sp³-hybridized carbons (Fsp3) is 0.0667. The number of H-pyrrole nitrogens is 1. The number of fused-ring (bicyclic) bond motifs is 1. The van der Waals surface area contributed by atoms with E-state index in [-0.39, 0.29) is 0 Å². The topological polar surface area (TPSA) is 107 Å². The summed E-state index contributed by atoms with van der Waals surface area (Å²) < 4.78 is 5.29. The summed E-state index contributed by atoms with van der Waals surface area (Å²) >= 11 is 0. The lowest BCUT2D eigenvalue weighted by atomic mass is 10.0. The molecule has 108 valence electrons. The third-order valence-corrected chi connectivity index (χ3v) is 3.36. The predicted molar refractivity (Wildman–Crippen MR) is 81.8 cm³/mol. The second kappa shape index (κ2) is 4.66. The minimum Gasteiger partial charge on any atom is -0.369 e. The molecule has 7 heteroatoms. The van der Waals surface area contributed by atoms with Crippen LogP contribution in [0.4, 0.5) is 5.95 Å². The van der Waals surface area contributed by atoms with Gasteiger partial charge in [-0.3, -0.25) is 4.98 Å². The van der Waals surface area contributed by atoms with Crippen molar-refractivity contribution < 1.29 is 4.52 Å². The molecule has 0 radical (unpaired) electrons. The number of imidazole rings is 1. The molecule has 0 atom stereocenters. The molecule has 0 spiro atoms. The zero-order valence-electron chi connectivity index (χ0n) is 11.7. The van der Waals surface area contributed by atoms with Gasteiger partial charge in [0, 0.05) is 18.0 Å². The van der Waals surface area contributed by atoms with Crippen molar-refractivity contribution >= 4 is 17.0 Å². The van der Waals surface area contributed by atoms with Crippen molar-refractivity contribution in [3.05, 3.63) is 42.5 Å². The monoisotopic (exact) mass is 292 g/mol. The first-order valence-electron chi connectivity index (χ1n) is 6.71. The molecule has 0 bridgehead atoms. The number of anilines is 1. The molecular weight excluding hydrogens is 280 g/mol. The lowest BCUT2D eigenvalue weighted by Crippen LogP contribution is -1.86. The summed E-state index contributed by atoms with van der Waals surface area (Å²) in [4.78, 5) is 15.8. The Morgan fingerprint density at radius 1 is 1.18 bits per heavy atom. The Kier molecular flexibility index (Phi) is 2.65. The van der Waals surface area contributed by atoms with E-state index >= 15 is 0 Å². The van der Waals surface area contributed by atoms with Crippen molar-refractivity contribution in [2.75, 3.05) is 5.73 Å². The summed E-state index contributed by atoms with van der Waals surface area (Å²) in [6, 6.07) is 7.78. The van der Waals surface area contributed by atoms with Gasteiger partial charge in [-0.1, -0.05) is 11.2 Å². The molecule has 4 aromatic rings. The van der Waals surface area contributed by atoms with Gasteiger partial charge in [-0.25, -0.2) is 4.98 Å². The smallest absolute Gasteiger partial charge is 0.260 e. The largest absolute Gasteiger partial charge is 0.369 e. The van der Waals surface area contributed by atoms with Crippen LogP contribution in [-0.2, 0) is 0 Å². The van der Waals surface area contributed by atoms with Crippen molar-refractivity contribution in [3.63, 3.8) is 0 Å². The first kappa shape index (κ1) is 12.5. The Labute approximate surface area is 125 Å². The molecule has 0 amide bonds. The van der Waals surface area contributed by atoms with Gasteiger partial charge in [-0.2, -0.15) is 4.98 Å². The minimum absolute atomic E-state index is 0.343. The molecule has 4 rings (SSSR count). The van der Waals surface area contributed by atoms with Crippen molar-refractivity contribution in [1.29, 1.82) is 0 Å². The molecule has 3 aromatic heterocycles. The van der Waals surface area contributed by atoms with Gasteiger partial charge in [0.1, 0.15) is 0 Å². The molecule has 0 saturated carbocycles. The van der Waals surface area contributed by atoms with Crippen LogP contribution in [-0.4, -0.2) is 25.1 Å². The quantitative estimate of drug-likeness (QED) is 0.588. The summed E-state index contributed by atoms with van der Waals surface area (Å²) in [5, 5.41) is 3.85. The standard InChI is InChI=1S/C15H12N6O/c1-8-18-14(22-21-8)11-5-10(9-3-2-4-17-7-9)6-12-13(11)20-15(16)19-12/h2-7H,1H3,(H3,16,19,20). The molecule has 0 unspecified atom stereocenters. The number of aromatic nitrogens is 5. The third-order valence-electron chi connectivity index (χ3n) is 3.36. The number of nitrogens with one attached hydrogen (secondary N) is 1. The van der Waals surface area contributed by atoms with Crippen LogP contribution in [0.5, 0.6) is 0 Å². The fourth-order valence-electron chi connectivity index (χ4n) is 2.41. The first-order chi connectivity index (χ1) is 10.7. The van der Waals surface area contributed by atoms with Gasteiger partial charge in [0.25, 0.3) is 5.89 Å². The number of aryl methyl sites for hydroxylation is 1. The van der Waals surface area contributed by atoms with Gasteiger partial charge in [0.15, 0.2) is 11.8 Å².